The first kappa shape index (κ1) is 22.5. The van der Waals surface area contributed by atoms with Gasteiger partial charge >= 0.3 is 0 Å². The third-order valence-electron chi connectivity index (χ3n) is 3.98. The number of carbonyl (C=O) groups is 1. The summed E-state index contributed by atoms with van der Waals surface area (Å²) < 4.78 is 5.17. The van der Waals surface area contributed by atoms with Crippen LogP contribution in [0.25, 0.3) is 0 Å². The van der Waals surface area contributed by atoms with E-state index in [2.05, 4.69) is 33.1 Å². The summed E-state index contributed by atoms with van der Waals surface area (Å²) in [6, 6.07) is 8.53. The lowest BCUT2D eigenvalue weighted by Gasteiger charge is -2.11. The fraction of sp³-hybridized carbons (Fsp3) is 0.579. The number of guanidine groups is 1. The van der Waals surface area contributed by atoms with Crippen LogP contribution in [0, 0.1) is 0 Å². The molecule has 26 heavy (non-hydrogen) atoms. The van der Waals surface area contributed by atoms with Crippen LogP contribution in [0.2, 0.25) is 0 Å². The van der Waals surface area contributed by atoms with Crippen LogP contribution < -0.4 is 20.7 Å². The molecule has 0 aromatic heterocycles. The SMILES string of the molecule is CCNC(=NCCCC(=O)NC1CC1)NCCc1ccc(OC)cc1.I. The summed E-state index contributed by atoms with van der Waals surface area (Å²) in [5, 5.41) is 9.57. The molecule has 1 amide bonds. The number of amides is 1. The van der Waals surface area contributed by atoms with Crippen LogP contribution in [0.15, 0.2) is 29.3 Å². The van der Waals surface area contributed by atoms with Gasteiger partial charge in [-0.15, -0.1) is 24.0 Å². The number of halogens is 1. The van der Waals surface area contributed by atoms with Gasteiger partial charge in [-0.1, -0.05) is 12.1 Å². The van der Waals surface area contributed by atoms with Crippen LogP contribution in [0.3, 0.4) is 0 Å². The van der Waals surface area contributed by atoms with Crippen LogP contribution >= 0.6 is 24.0 Å². The van der Waals surface area contributed by atoms with E-state index in [1.165, 1.54) is 5.56 Å². The van der Waals surface area contributed by atoms with E-state index in [0.717, 1.165) is 50.5 Å². The molecule has 0 unspecified atom stereocenters. The molecule has 0 atom stereocenters. The van der Waals surface area contributed by atoms with Crippen molar-refractivity contribution in [3.05, 3.63) is 29.8 Å². The lowest BCUT2D eigenvalue weighted by molar-refractivity contribution is -0.121. The number of methoxy groups -OCH3 is 1. The first-order chi connectivity index (χ1) is 12.2. The second kappa shape index (κ2) is 12.8. The van der Waals surface area contributed by atoms with Gasteiger partial charge in [-0.2, -0.15) is 0 Å². The largest absolute Gasteiger partial charge is 0.497 e. The summed E-state index contributed by atoms with van der Waals surface area (Å²) in [4.78, 5) is 16.2. The van der Waals surface area contributed by atoms with Crippen molar-refractivity contribution in [2.24, 2.45) is 4.99 Å². The molecule has 0 spiro atoms. The molecule has 6 nitrogen and oxygen atoms in total. The lowest BCUT2D eigenvalue weighted by Crippen LogP contribution is -2.38. The van der Waals surface area contributed by atoms with Gasteiger partial charge in [0, 0.05) is 32.1 Å². The zero-order valence-electron chi connectivity index (χ0n) is 15.7. The van der Waals surface area contributed by atoms with E-state index in [0.29, 0.717) is 19.0 Å². The Labute approximate surface area is 173 Å². The predicted octanol–water partition coefficient (Wildman–Crippen LogP) is 2.47. The smallest absolute Gasteiger partial charge is 0.220 e. The van der Waals surface area contributed by atoms with Gasteiger partial charge in [-0.05, 0) is 50.3 Å². The molecule has 2 rings (SSSR count). The van der Waals surface area contributed by atoms with Crippen LogP contribution in [-0.4, -0.2) is 44.7 Å². The van der Waals surface area contributed by atoms with Crippen LogP contribution in [0.5, 0.6) is 5.75 Å². The highest BCUT2D eigenvalue weighted by Gasteiger charge is 2.22. The topological polar surface area (TPSA) is 74.8 Å². The molecule has 1 aliphatic rings. The number of carbonyl (C=O) groups excluding carboxylic acids is 1. The van der Waals surface area contributed by atoms with Gasteiger partial charge in [0.1, 0.15) is 5.75 Å². The Bertz CT molecular complexity index is 559. The van der Waals surface area contributed by atoms with Gasteiger partial charge in [0.25, 0.3) is 0 Å². The Morgan fingerprint density at radius 2 is 1.96 bits per heavy atom. The van der Waals surface area contributed by atoms with E-state index >= 15 is 0 Å². The lowest BCUT2D eigenvalue weighted by atomic mass is 10.1. The van der Waals surface area contributed by atoms with Crippen molar-refractivity contribution >= 4 is 35.8 Å². The molecule has 0 aliphatic heterocycles. The molecule has 146 valence electrons. The number of nitrogens with one attached hydrogen (secondary N) is 3. The minimum Gasteiger partial charge on any atom is -0.497 e. The Morgan fingerprint density at radius 1 is 1.23 bits per heavy atom. The quantitative estimate of drug-likeness (QED) is 0.211. The monoisotopic (exact) mass is 474 g/mol. The highest BCUT2D eigenvalue weighted by atomic mass is 127. The van der Waals surface area contributed by atoms with Crippen molar-refractivity contribution in [3.63, 3.8) is 0 Å². The zero-order chi connectivity index (χ0) is 17.9. The van der Waals surface area contributed by atoms with Crippen LogP contribution in [0.4, 0.5) is 0 Å². The summed E-state index contributed by atoms with van der Waals surface area (Å²) in [5.41, 5.74) is 1.25. The Morgan fingerprint density at radius 3 is 2.58 bits per heavy atom. The van der Waals surface area contributed by atoms with Crippen LogP contribution in [0.1, 0.15) is 38.2 Å². The molecule has 7 heteroatoms. The molecule has 0 saturated heterocycles. The van der Waals surface area contributed by atoms with Crippen molar-refractivity contribution in [2.45, 2.75) is 45.1 Å². The first-order valence-corrected chi connectivity index (χ1v) is 9.15. The summed E-state index contributed by atoms with van der Waals surface area (Å²) in [6.45, 7) is 4.32. The maximum absolute atomic E-state index is 11.6. The summed E-state index contributed by atoms with van der Waals surface area (Å²) in [5.74, 6) is 1.83. The predicted molar refractivity (Wildman–Crippen MR) is 116 cm³/mol. The summed E-state index contributed by atoms with van der Waals surface area (Å²) in [6.07, 6.45) is 4.50. The fourth-order valence-corrected chi connectivity index (χ4v) is 2.42. The van der Waals surface area contributed by atoms with E-state index in [-0.39, 0.29) is 29.9 Å². The van der Waals surface area contributed by atoms with Crippen molar-refractivity contribution in [2.75, 3.05) is 26.7 Å². The van der Waals surface area contributed by atoms with Crippen molar-refractivity contribution < 1.29 is 9.53 Å². The minimum absolute atomic E-state index is 0. The highest BCUT2D eigenvalue weighted by Crippen LogP contribution is 2.18. The molecular weight excluding hydrogens is 443 g/mol. The normalized spacial score (nSPS) is 13.5. The molecular formula is C19H31IN4O2. The number of ether oxygens (including phenoxy) is 1. The molecule has 0 bridgehead atoms. The van der Waals surface area contributed by atoms with Gasteiger partial charge in [0.2, 0.25) is 5.91 Å². The standard InChI is InChI=1S/C19H30N4O2.HI/c1-3-20-19(21-13-4-5-18(24)23-16-8-9-16)22-14-12-15-6-10-17(25-2)11-7-15;/h6-7,10-11,16H,3-5,8-9,12-14H2,1-2H3,(H,23,24)(H2,20,21,22);1H. The number of aliphatic imine (C=N–C) groups is 1. The maximum Gasteiger partial charge on any atom is 0.220 e. The third-order valence-corrected chi connectivity index (χ3v) is 3.98. The summed E-state index contributed by atoms with van der Waals surface area (Å²) in [7, 11) is 1.67. The fourth-order valence-electron chi connectivity index (χ4n) is 2.42. The molecule has 3 N–H and O–H groups in total. The van der Waals surface area contributed by atoms with E-state index in [1.54, 1.807) is 7.11 Å². The summed E-state index contributed by atoms with van der Waals surface area (Å²) >= 11 is 0. The molecule has 0 heterocycles. The highest BCUT2D eigenvalue weighted by molar-refractivity contribution is 14.0. The Kier molecular flexibility index (Phi) is 11.1. The number of nitrogens with zero attached hydrogens (tertiary/aromatic N) is 1. The number of rotatable bonds is 10. The van der Waals surface area contributed by atoms with Crippen molar-refractivity contribution in [3.8, 4) is 5.75 Å². The Hall–Kier alpha value is -1.51. The molecule has 1 aliphatic carbocycles. The van der Waals surface area contributed by atoms with E-state index in [1.807, 2.05) is 19.1 Å². The molecule has 1 aromatic carbocycles. The van der Waals surface area contributed by atoms with Gasteiger partial charge in [-0.25, -0.2) is 0 Å². The van der Waals surface area contributed by atoms with Crippen molar-refractivity contribution in [1.82, 2.24) is 16.0 Å². The van der Waals surface area contributed by atoms with Gasteiger partial charge in [0.05, 0.1) is 7.11 Å². The third kappa shape index (κ3) is 9.26. The average Bonchev–Trinajstić information content (AvgIpc) is 3.43. The first-order valence-electron chi connectivity index (χ1n) is 9.15. The maximum atomic E-state index is 11.6. The molecule has 1 aromatic rings. The van der Waals surface area contributed by atoms with E-state index in [4.69, 9.17) is 4.74 Å². The number of hydrogen-bond donors (Lipinski definition) is 3. The average molecular weight is 474 g/mol. The van der Waals surface area contributed by atoms with E-state index in [9.17, 15) is 4.79 Å². The van der Waals surface area contributed by atoms with Gasteiger partial charge < -0.3 is 20.7 Å². The molecule has 1 saturated carbocycles. The second-order valence-corrected chi connectivity index (χ2v) is 6.23. The zero-order valence-corrected chi connectivity index (χ0v) is 18.0. The minimum atomic E-state index is 0. The second-order valence-electron chi connectivity index (χ2n) is 6.23. The Balaban J connectivity index is 0.00000338. The molecule has 1 fully saturated rings. The van der Waals surface area contributed by atoms with Gasteiger partial charge in [-0.3, -0.25) is 9.79 Å². The number of benzene rings is 1. The van der Waals surface area contributed by atoms with Gasteiger partial charge in [0.15, 0.2) is 5.96 Å². The molecule has 0 radical (unpaired) electrons. The van der Waals surface area contributed by atoms with Crippen molar-refractivity contribution in [1.29, 1.82) is 0 Å². The van der Waals surface area contributed by atoms with Crippen LogP contribution in [-0.2, 0) is 11.2 Å². The van der Waals surface area contributed by atoms with E-state index < -0.39 is 0 Å². The number of hydrogen-bond acceptors (Lipinski definition) is 3.